The van der Waals surface area contributed by atoms with Crippen molar-refractivity contribution in [3.8, 4) is 5.75 Å². The van der Waals surface area contributed by atoms with Crippen LogP contribution < -0.4 is 9.64 Å². The van der Waals surface area contributed by atoms with Crippen molar-refractivity contribution in [3.63, 3.8) is 0 Å². The highest BCUT2D eigenvalue weighted by Crippen LogP contribution is 2.38. The van der Waals surface area contributed by atoms with Crippen LogP contribution in [0.4, 0.5) is 11.4 Å². The molecule has 1 heterocycles. The van der Waals surface area contributed by atoms with Crippen LogP contribution in [0.25, 0.3) is 10.8 Å². The molecule has 0 unspecified atom stereocenters. The average Bonchev–Trinajstić information content (AvgIpc) is 2.67. The van der Waals surface area contributed by atoms with Crippen LogP contribution in [0, 0.1) is 0 Å². The van der Waals surface area contributed by atoms with E-state index in [2.05, 4.69) is 80.4 Å². The SMILES string of the molecule is CN1COc2ccc3ccccc3c2/N=C\CC(C)(C)c2ccccc21. The van der Waals surface area contributed by atoms with Crippen molar-refractivity contribution in [3.05, 3.63) is 66.2 Å². The van der Waals surface area contributed by atoms with E-state index in [1.807, 2.05) is 12.3 Å². The Morgan fingerprint density at radius 2 is 1.73 bits per heavy atom. The summed E-state index contributed by atoms with van der Waals surface area (Å²) in [5, 5.41) is 2.30. The number of nitrogens with zero attached hydrogens (tertiary/aromatic N) is 2. The Morgan fingerprint density at radius 1 is 0.962 bits per heavy atom. The maximum Gasteiger partial charge on any atom is 0.161 e. The van der Waals surface area contributed by atoms with Crippen LogP contribution in [0.2, 0.25) is 0 Å². The molecule has 1 aliphatic rings. The molecular weight excluding hydrogens is 320 g/mol. The third kappa shape index (κ3) is 2.94. The van der Waals surface area contributed by atoms with Crippen LogP contribution in [-0.4, -0.2) is 20.0 Å². The molecule has 0 saturated heterocycles. The molecule has 1 aliphatic heterocycles. The Kier molecular flexibility index (Phi) is 4.15. The van der Waals surface area contributed by atoms with Crippen molar-refractivity contribution in [2.45, 2.75) is 25.7 Å². The third-order valence-corrected chi connectivity index (χ3v) is 5.14. The molecule has 132 valence electrons. The lowest BCUT2D eigenvalue weighted by atomic mass is 9.81. The molecule has 26 heavy (non-hydrogen) atoms. The summed E-state index contributed by atoms with van der Waals surface area (Å²) in [4.78, 5) is 7.01. The topological polar surface area (TPSA) is 24.8 Å². The molecule has 0 spiro atoms. The maximum absolute atomic E-state index is 6.18. The van der Waals surface area contributed by atoms with Gasteiger partial charge in [-0.15, -0.1) is 0 Å². The predicted octanol–water partition coefficient (Wildman–Crippen LogP) is 5.70. The molecule has 0 atom stereocenters. The van der Waals surface area contributed by atoms with Crippen molar-refractivity contribution in [1.29, 1.82) is 0 Å². The lowest BCUT2D eigenvalue weighted by Crippen LogP contribution is -2.27. The van der Waals surface area contributed by atoms with Crippen molar-refractivity contribution in [1.82, 2.24) is 0 Å². The average molecular weight is 344 g/mol. The standard InChI is InChI=1S/C23H24N2O/c1-23(2)14-15-24-22-18-9-5-4-8-17(18)12-13-21(22)26-16-25(3)20-11-7-6-10-19(20)23/h4-13,15H,14,16H2,1-3H3/b24-15-. The molecule has 0 aliphatic carbocycles. The van der Waals surface area contributed by atoms with Gasteiger partial charge in [0.1, 0.15) is 11.4 Å². The Labute approximate surface area is 154 Å². The first-order valence-corrected chi connectivity index (χ1v) is 9.04. The summed E-state index contributed by atoms with van der Waals surface area (Å²) in [6.07, 6.45) is 2.90. The number of para-hydroxylation sites is 1. The summed E-state index contributed by atoms with van der Waals surface area (Å²) in [7, 11) is 2.08. The summed E-state index contributed by atoms with van der Waals surface area (Å²) in [6.45, 7) is 5.02. The summed E-state index contributed by atoms with van der Waals surface area (Å²) >= 11 is 0. The van der Waals surface area contributed by atoms with E-state index in [4.69, 9.17) is 9.73 Å². The summed E-state index contributed by atoms with van der Waals surface area (Å²) in [5.41, 5.74) is 3.42. The van der Waals surface area contributed by atoms with Gasteiger partial charge < -0.3 is 9.64 Å². The highest BCUT2D eigenvalue weighted by molar-refractivity contribution is 5.96. The monoisotopic (exact) mass is 344 g/mol. The molecule has 3 heteroatoms. The van der Waals surface area contributed by atoms with Gasteiger partial charge in [0.2, 0.25) is 0 Å². The van der Waals surface area contributed by atoms with E-state index >= 15 is 0 Å². The first kappa shape index (κ1) is 16.6. The molecule has 0 saturated carbocycles. The molecule has 0 amide bonds. The van der Waals surface area contributed by atoms with Gasteiger partial charge in [-0.3, -0.25) is 4.99 Å². The Hall–Kier alpha value is -2.81. The summed E-state index contributed by atoms with van der Waals surface area (Å²) < 4.78 is 6.18. The smallest absolute Gasteiger partial charge is 0.161 e. The molecule has 3 nitrogen and oxygen atoms in total. The highest BCUT2D eigenvalue weighted by atomic mass is 16.5. The van der Waals surface area contributed by atoms with Crippen molar-refractivity contribution < 1.29 is 4.74 Å². The number of hydrogen-bond donors (Lipinski definition) is 0. The van der Waals surface area contributed by atoms with E-state index in [1.165, 1.54) is 16.6 Å². The number of anilines is 1. The van der Waals surface area contributed by atoms with Gasteiger partial charge in [0.15, 0.2) is 6.73 Å². The number of ether oxygens (including phenoxy) is 1. The van der Waals surface area contributed by atoms with Gasteiger partial charge in [-0.1, -0.05) is 62.4 Å². The van der Waals surface area contributed by atoms with Gasteiger partial charge in [0, 0.05) is 24.3 Å². The molecule has 0 N–H and O–H groups in total. The van der Waals surface area contributed by atoms with E-state index in [0.717, 1.165) is 23.2 Å². The van der Waals surface area contributed by atoms with Gasteiger partial charge in [0.25, 0.3) is 0 Å². The van der Waals surface area contributed by atoms with Crippen molar-refractivity contribution in [2.75, 3.05) is 18.7 Å². The second kappa shape index (κ2) is 6.49. The molecular formula is C23H24N2O. The zero-order valence-corrected chi connectivity index (χ0v) is 15.6. The van der Waals surface area contributed by atoms with E-state index in [-0.39, 0.29) is 5.41 Å². The number of rotatable bonds is 0. The van der Waals surface area contributed by atoms with Crippen LogP contribution >= 0.6 is 0 Å². The fraction of sp³-hybridized carbons (Fsp3) is 0.261. The fourth-order valence-electron chi connectivity index (χ4n) is 3.57. The predicted molar refractivity (Wildman–Crippen MR) is 110 cm³/mol. The maximum atomic E-state index is 6.18. The van der Waals surface area contributed by atoms with E-state index < -0.39 is 0 Å². The van der Waals surface area contributed by atoms with E-state index in [9.17, 15) is 0 Å². The Bertz CT molecular complexity index is 975. The van der Waals surface area contributed by atoms with Crippen LogP contribution in [0.5, 0.6) is 5.75 Å². The van der Waals surface area contributed by atoms with Gasteiger partial charge in [-0.25, -0.2) is 0 Å². The number of benzene rings is 3. The van der Waals surface area contributed by atoms with Crippen molar-refractivity contribution >= 4 is 28.4 Å². The fourth-order valence-corrected chi connectivity index (χ4v) is 3.57. The lowest BCUT2D eigenvalue weighted by molar-refractivity contribution is 0.322. The largest absolute Gasteiger partial charge is 0.471 e. The first-order valence-electron chi connectivity index (χ1n) is 9.04. The summed E-state index contributed by atoms with van der Waals surface area (Å²) in [6, 6.07) is 21.0. The normalized spacial score (nSPS) is 17.6. The second-order valence-corrected chi connectivity index (χ2v) is 7.52. The minimum atomic E-state index is -0.0105. The molecule has 3 aromatic carbocycles. The van der Waals surface area contributed by atoms with Gasteiger partial charge in [0.05, 0.1) is 0 Å². The molecule has 0 aromatic heterocycles. The zero-order valence-electron chi connectivity index (χ0n) is 15.6. The van der Waals surface area contributed by atoms with E-state index in [0.29, 0.717) is 6.73 Å². The van der Waals surface area contributed by atoms with Crippen molar-refractivity contribution in [2.24, 2.45) is 4.99 Å². The zero-order chi connectivity index (χ0) is 18.1. The van der Waals surface area contributed by atoms with Crippen LogP contribution in [0.3, 0.4) is 0 Å². The molecule has 0 fully saturated rings. The Balaban J connectivity index is 1.85. The molecule has 0 bridgehead atoms. The number of fused-ring (bicyclic) bond motifs is 4. The van der Waals surface area contributed by atoms with Gasteiger partial charge >= 0.3 is 0 Å². The number of hydrogen-bond acceptors (Lipinski definition) is 3. The van der Waals surface area contributed by atoms with Gasteiger partial charge in [-0.05, 0) is 34.9 Å². The van der Waals surface area contributed by atoms with Crippen LogP contribution in [0.1, 0.15) is 25.8 Å². The van der Waals surface area contributed by atoms with Crippen LogP contribution in [0.15, 0.2) is 65.7 Å². The second-order valence-electron chi connectivity index (χ2n) is 7.52. The minimum absolute atomic E-state index is 0.0105. The van der Waals surface area contributed by atoms with Crippen LogP contribution in [-0.2, 0) is 5.41 Å². The highest BCUT2D eigenvalue weighted by Gasteiger charge is 2.25. The lowest BCUT2D eigenvalue weighted by Gasteiger charge is -2.30. The quantitative estimate of drug-likeness (QED) is 0.523. The first-order chi connectivity index (χ1) is 12.6. The molecule has 0 radical (unpaired) electrons. The third-order valence-electron chi connectivity index (χ3n) is 5.14. The molecule has 3 aromatic rings. The molecule has 4 rings (SSSR count). The Morgan fingerprint density at radius 3 is 2.62 bits per heavy atom. The van der Waals surface area contributed by atoms with Gasteiger partial charge in [-0.2, -0.15) is 0 Å². The number of aliphatic imine (C=N–C) groups is 1. The summed E-state index contributed by atoms with van der Waals surface area (Å²) in [5.74, 6) is 0.823. The minimum Gasteiger partial charge on any atom is -0.471 e. The van der Waals surface area contributed by atoms with E-state index in [1.54, 1.807) is 0 Å².